The van der Waals surface area contributed by atoms with E-state index in [2.05, 4.69) is 20.6 Å². The Balaban J connectivity index is 1.38. The number of morpholine rings is 1. The van der Waals surface area contributed by atoms with Gasteiger partial charge < -0.3 is 15.4 Å². The predicted octanol–water partition coefficient (Wildman–Crippen LogP) is -0.201. The Morgan fingerprint density at radius 1 is 1.43 bits per heavy atom. The van der Waals surface area contributed by atoms with E-state index >= 15 is 0 Å². The first-order valence-corrected chi connectivity index (χ1v) is 8.62. The van der Waals surface area contributed by atoms with Crippen LogP contribution < -0.4 is 10.6 Å². The maximum atomic E-state index is 12.0. The van der Waals surface area contributed by atoms with Crippen LogP contribution in [0.4, 0.5) is 0 Å². The van der Waals surface area contributed by atoms with Crippen LogP contribution in [0, 0.1) is 0 Å². The lowest BCUT2D eigenvalue weighted by molar-refractivity contribution is -0.121. The third kappa shape index (κ3) is 5.02. The van der Waals surface area contributed by atoms with Gasteiger partial charge in [-0.1, -0.05) is 0 Å². The van der Waals surface area contributed by atoms with Gasteiger partial charge in [0.15, 0.2) is 0 Å². The van der Waals surface area contributed by atoms with Crippen LogP contribution in [0.15, 0.2) is 12.3 Å². The summed E-state index contributed by atoms with van der Waals surface area (Å²) in [6, 6.07) is 2.04. The zero-order valence-corrected chi connectivity index (χ0v) is 13.7. The second kappa shape index (κ2) is 8.42. The lowest BCUT2D eigenvalue weighted by Gasteiger charge is -2.26. The summed E-state index contributed by atoms with van der Waals surface area (Å²) in [5.41, 5.74) is 1.10. The van der Waals surface area contributed by atoms with E-state index in [1.165, 1.54) is 12.8 Å². The number of nitrogens with one attached hydrogen (secondary N) is 2. The third-order valence-electron chi connectivity index (χ3n) is 4.54. The largest absolute Gasteiger partial charge is 0.379 e. The Labute approximate surface area is 137 Å². The normalized spacial score (nSPS) is 22.9. The predicted molar refractivity (Wildman–Crippen MR) is 87.3 cm³/mol. The van der Waals surface area contributed by atoms with Crippen molar-refractivity contribution in [3.63, 3.8) is 0 Å². The molecule has 7 nitrogen and oxygen atoms in total. The molecule has 2 N–H and O–H groups in total. The molecule has 1 unspecified atom stereocenters. The molecule has 0 aromatic carbocycles. The number of carbonyl (C=O) groups excluding carboxylic acids is 1. The molecule has 2 aliphatic rings. The number of piperidine rings is 1. The van der Waals surface area contributed by atoms with E-state index in [4.69, 9.17) is 4.74 Å². The summed E-state index contributed by atoms with van der Waals surface area (Å²) in [5, 5.41) is 10.9. The zero-order valence-electron chi connectivity index (χ0n) is 13.7. The lowest BCUT2D eigenvalue weighted by Crippen LogP contribution is -2.41. The molecule has 1 aromatic rings. The van der Waals surface area contributed by atoms with E-state index in [-0.39, 0.29) is 5.91 Å². The van der Waals surface area contributed by atoms with Crippen molar-refractivity contribution in [1.82, 2.24) is 25.3 Å². The number of ether oxygens (including phenoxy) is 1. The molecule has 7 heteroatoms. The van der Waals surface area contributed by atoms with Crippen LogP contribution >= 0.6 is 0 Å². The van der Waals surface area contributed by atoms with Gasteiger partial charge in [-0.15, -0.1) is 0 Å². The van der Waals surface area contributed by atoms with Gasteiger partial charge in [-0.3, -0.25) is 14.4 Å². The second-order valence-electron chi connectivity index (χ2n) is 6.29. The minimum Gasteiger partial charge on any atom is -0.379 e. The summed E-state index contributed by atoms with van der Waals surface area (Å²) in [6.45, 7) is 7.43. The van der Waals surface area contributed by atoms with Gasteiger partial charge in [0.25, 0.3) is 0 Å². The molecule has 0 spiro atoms. The first-order chi connectivity index (χ1) is 11.3. The van der Waals surface area contributed by atoms with Crippen LogP contribution in [0.1, 0.15) is 24.5 Å². The number of hydrogen-bond acceptors (Lipinski definition) is 5. The number of amides is 1. The number of carbonyl (C=O) groups is 1. The van der Waals surface area contributed by atoms with E-state index in [1.54, 1.807) is 4.68 Å². The van der Waals surface area contributed by atoms with Crippen molar-refractivity contribution >= 4 is 5.91 Å². The first-order valence-electron chi connectivity index (χ1n) is 8.62. The molecule has 3 heterocycles. The van der Waals surface area contributed by atoms with Crippen molar-refractivity contribution in [2.75, 3.05) is 52.5 Å². The molecule has 0 radical (unpaired) electrons. The van der Waals surface area contributed by atoms with Gasteiger partial charge in [0.2, 0.25) is 5.91 Å². The fourth-order valence-electron chi connectivity index (χ4n) is 3.17. The maximum absolute atomic E-state index is 12.0. The van der Waals surface area contributed by atoms with Crippen LogP contribution in [0.2, 0.25) is 0 Å². The maximum Gasteiger partial charge on any atom is 0.241 e. The number of nitrogens with zero attached hydrogens (tertiary/aromatic N) is 3. The van der Waals surface area contributed by atoms with E-state index < -0.39 is 0 Å². The average molecular weight is 321 g/mol. The quantitative estimate of drug-likeness (QED) is 0.759. The van der Waals surface area contributed by atoms with Gasteiger partial charge in [0.1, 0.15) is 6.54 Å². The summed E-state index contributed by atoms with van der Waals surface area (Å²) in [7, 11) is 0. The second-order valence-corrected chi connectivity index (χ2v) is 6.29. The molecule has 23 heavy (non-hydrogen) atoms. The smallest absolute Gasteiger partial charge is 0.241 e. The highest BCUT2D eigenvalue weighted by Gasteiger charge is 2.18. The molecule has 2 saturated heterocycles. The molecule has 2 aliphatic heterocycles. The van der Waals surface area contributed by atoms with Crippen molar-refractivity contribution < 1.29 is 9.53 Å². The highest BCUT2D eigenvalue weighted by atomic mass is 16.5. The number of rotatable bonds is 6. The van der Waals surface area contributed by atoms with Gasteiger partial charge in [-0.2, -0.15) is 5.10 Å². The molecular formula is C16H27N5O2. The molecule has 2 fully saturated rings. The molecule has 0 aliphatic carbocycles. The first kappa shape index (κ1) is 16.4. The Bertz CT molecular complexity index is 492. The van der Waals surface area contributed by atoms with Gasteiger partial charge in [0, 0.05) is 44.8 Å². The minimum absolute atomic E-state index is 0.0229. The topological polar surface area (TPSA) is 71.4 Å². The minimum atomic E-state index is 0.0229. The fraction of sp³-hybridized carbons (Fsp3) is 0.750. The molecule has 1 aromatic heterocycles. The number of hydrogen-bond donors (Lipinski definition) is 2. The van der Waals surface area contributed by atoms with E-state index in [0.717, 1.165) is 51.6 Å². The third-order valence-corrected chi connectivity index (χ3v) is 4.54. The standard InChI is InChI=1S/C16H27N5O2/c22-16(18-5-7-20-8-10-23-11-9-20)13-21-6-3-15(19-21)14-2-1-4-17-12-14/h3,6,14,17H,1-2,4-5,7-13H2,(H,18,22). The monoisotopic (exact) mass is 321 g/mol. The molecule has 3 rings (SSSR count). The molecular weight excluding hydrogens is 294 g/mol. The van der Waals surface area contributed by atoms with Gasteiger partial charge >= 0.3 is 0 Å². The van der Waals surface area contributed by atoms with Crippen molar-refractivity contribution in [2.24, 2.45) is 0 Å². The molecule has 0 saturated carbocycles. The van der Waals surface area contributed by atoms with E-state index in [9.17, 15) is 4.79 Å². The Morgan fingerprint density at radius 2 is 2.30 bits per heavy atom. The van der Waals surface area contributed by atoms with Crippen molar-refractivity contribution in [3.05, 3.63) is 18.0 Å². The number of aromatic nitrogens is 2. The summed E-state index contributed by atoms with van der Waals surface area (Å²) in [6.07, 6.45) is 4.28. The highest BCUT2D eigenvalue weighted by Crippen LogP contribution is 2.21. The van der Waals surface area contributed by atoms with Gasteiger partial charge in [-0.25, -0.2) is 0 Å². The lowest BCUT2D eigenvalue weighted by atomic mass is 9.97. The van der Waals surface area contributed by atoms with E-state index in [0.29, 0.717) is 19.0 Å². The summed E-state index contributed by atoms with van der Waals surface area (Å²) < 4.78 is 7.06. The summed E-state index contributed by atoms with van der Waals surface area (Å²) in [5.74, 6) is 0.504. The summed E-state index contributed by atoms with van der Waals surface area (Å²) in [4.78, 5) is 14.3. The van der Waals surface area contributed by atoms with Crippen LogP contribution in [-0.2, 0) is 16.1 Å². The van der Waals surface area contributed by atoms with E-state index in [1.807, 2.05) is 12.3 Å². The van der Waals surface area contributed by atoms with Crippen molar-refractivity contribution in [3.8, 4) is 0 Å². The molecule has 1 amide bonds. The van der Waals surface area contributed by atoms with Crippen LogP contribution in [0.5, 0.6) is 0 Å². The highest BCUT2D eigenvalue weighted by molar-refractivity contribution is 5.75. The van der Waals surface area contributed by atoms with Crippen LogP contribution in [0.25, 0.3) is 0 Å². The Kier molecular flexibility index (Phi) is 6.01. The van der Waals surface area contributed by atoms with Gasteiger partial charge in [0.05, 0.1) is 18.9 Å². The van der Waals surface area contributed by atoms with Gasteiger partial charge in [-0.05, 0) is 25.5 Å². The zero-order chi connectivity index (χ0) is 15.9. The van der Waals surface area contributed by atoms with Crippen molar-refractivity contribution in [2.45, 2.75) is 25.3 Å². The Hall–Kier alpha value is -1.44. The molecule has 0 bridgehead atoms. The fourth-order valence-corrected chi connectivity index (χ4v) is 3.17. The van der Waals surface area contributed by atoms with Crippen LogP contribution in [-0.4, -0.2) is 73.1 Å². The van der Waals surface area contributed by atoms with Crippen LogP contribution in [0.3, 0.4) is 0 Å². The molecule has 128 valence electrons. The Morgan fingerprint density at radius 3 is 3.09 bits per heavy atom. The van der Waals surface area contributed by atoms with Crippen molar-refractivity contribution in [1.29, 1.82) is 0 Å². The average Bonchev–Trinajstić information content (AvgIpc) is 3.05. The SMILES string of the molecule is O=C(Cn1ccc(C2CCCNC2)n1)NCCN1CCOCC1. The molecule has 1 atom stereocenters. The summed E-state index contributed by atoms with van der Waals surface area (Å²) >= 11 is 0.